The van der Waals surface area contributed by atoms with Crippen LogP contribution in [-0.2, 0) is 13.6 Å². The van der Waals surface area contributed by atoms with Crippen molar-refractivity contribution < 1.29 is 45.6 Å². The standard InChI is InChI=1S/C18H18ClF4N2O7P/c1-10(33(28,29-2)30-3)24-14-9-11(4-6-15(14)25(26)27)31-16-7-5-12(8-13(16)19)32-18(22,23)17(20)21/h4-10,17,24H,1-3H3. The summed E-state index contributed by atoms with van der Waals surface area (Å²) in [5, 5.41) is 13.8. The molecule has 0 amide bonds. The maximum Gasteiger partial charge on any atom is 0.461 e. The molecule has 1 atom stereocenters. The molecule has 0 spiro atoms. The number of rotatable bonds is 11. The van der Waals surface area contributed by atoms with Gasteiger partial charge >= 0.3 is 20.1 Å². The molecule has 0 aromatic heterocycles. The molecule has 0 bridgehead atoms. The zero-order chi connectivity index (χ0) is 25.0. The molecular weight excluding hydrogens is 499 g/mol. The number of nitrogens with one attached hydrogen (secondary N) is 1. The van der Waals surface area contributed by atoms with Gasteiger partial charge in [0.25, 0.3) is 5.69 Å². The van der Waals surface area contributed by atoms with Gasteiger partial charge in [0.05, 0.1) is 9.95 Å². The first-order chi connectivity index (χ1) is 15.3. The van der Waals surface area contributed by atoms with Crippen LogP contribution in [0.25, 0.3) is 0 Å². The minimum Gasteiger partial charge on any atom is -0.456 e. The lowest BCUT2D eigenvalue weighted by Crippen LogP contribution is -2.33. The summed E-state index contributed by atoms with van der Waals surface area (Å²) >= 11 is 5.96. The number of nitro benzene ring substituents is 1. The van der Waals surface area contributed by atoms with Crippen molar-refractivity contribution in [2.24, 2.45) is 0 Å². The lowest BCUT2D eigenvalue weighted by Gasteiger charge is -2.22. The second-order valence-corrected chi connectivity index (χ2v) is 9.31. The van der Waals surface area contributed by atoms with Crippen LogP contribution in [0.1, 0.15) is 6.92 Å². The van der Waals surface area contributed by atoms with E-state index in [0.29, 0.717) is 0 Å². The predicted octanol–water partition coefficient (Wildman–Crippen LogP) is 6.52. The van der Waals surface area contributed by atoms with Gasteiger partial charge in [-0.1, -0.05) is 11.6 Å². The minimum absolute atomic E-state index is 0.0217. The number of anilines is 1. The molecule has 182 valence electrons. The number of ether oxygens (including phenoxy) is 2. The molecule has 0 heterocycles. The van der Waals surface area contributed by atoms with Gasteiger partial charge in [0.15, 0.2) is 0 Å². The van der Waals surface area contributed by atoms with Gasteiger partial charge in [0.1, 0.15) is 28.7 Å². The average molecular weight is 517 g/mol. The van der Waals surface area contributed by atoms with Gasteiger partial charge in [0.2, 0.25) is 0 Å². The van der Waals surface area contributed by atoms with E-state index in [9.17, 15) is 32.2 Å². The number of benzene rings is 2. The number of halogens is 5. The van der Waals surface area contributed by atoms with E-state index in [1.807, 2.05) is 0 Å². The molecule has 0 aliphatic rings. The molecule has 15 heteroatoms. The summed E-state index contributed by atoms with van der Waals surface area (Å²) in [4.78, 5) is 10.7. The molecule has 1 N–H and O–H groups in total. The van der Waals surface area contributed by atoms with Gasteiger partial charge in [-0.05, 0) is 25.1 Å². The molecule has 33 heavy (non-hydrogen) atoms. The smallest absolute Gasteiger partial charge is 0.456 e. The summed E-state index contributed by atoms with van der Waals surface area (Å²) in [6.07, 6.45) is -8.77. The van der Waals surface area contributed by atoms with Crippen molar-refractivity contribution in [3.05, 3.63) is 51.5 Å². The Hall–Kier alpha value is -2.60. The Morgan fingerprint density at radius 1 is 1.12 bits per heavy atom. The predicted molar refractivity (Wildman–Crippen MR) is 111 cm³/mol. The van der Waals surface area contributed by atoms with E-state index in [-0.39, 0.29) is 27.9 Å². The fraction of sp³-hybridized carbons (Fsp3) is 0.333. The molecule has 0 saturated heterocycles. The number of nitrogens with zero attached hydrogens (tertiary/aromatic N) is 1. The van der Waals surface area contributed by atoms with Crippen molar-refractivity contribution in [1.29, 1.82) is 0 Å². The highest BCUT2D eigenvalue weighted by Gasteiger charge is 2.44. The highest BCUT2D eigenvalue weighted by atomic mass is 35.5. The Labute approximate surface area is 190 Å². The van der Waals surface area contributed by atoms with Crippen LogP contribution in [0, 0.1) is 10.1 Å². The molecule has 0 aliphatic carbocycles. The summed E-state index contributed by atoms with van der Waals surface area (Å²) in [5.74, 6) is -1.68. The Balaban J connectivity index is 2.30. The molecule has 0 radical (unpaired) electrons. The number of nitro groups is 1. The molecule has 2 aromatic rings. The second kappa shape index (κ2) is 10.6. The van der Waals surface area contributed by atoms with Crippen LogP contribution in [0.3, 0.4) is 0 Å². The van der Waals surface area contributed by atoms with E-state index >= 15 is 0 Å². The minimum atomic E-state index is -4.72. The van der Waals surface area contributed by atoms with Gasteiger partial charge < -0.3 is 23.8 Å². The molecule has 0 saturated carbocycles. The average Bonchev–Trinajstić information content (AvgIpc) is 2.74. The first-order valence-corrected chi connectivity index (χ1v) is 10.9. The topological polar surface area (TPSA) is 109 Å². The summed E-state index contributed by atoms with van der Waals surface area (Å²) < 4.78 is 82.4. The van der Waals surface area contributed by atoms with Gasteiger partial charge in [-0.2, -0.15) is 17.6 Å². The van der Waals surface area contributed by atoms with Crippen molar-refractivity contribution in [2.75, 3.05) is 19.5 Å². The first-order valence-electron chi connectivity index (χ1n) is 8.91. The Bertz CT molecular complexity index is 1050. The molecular formula is C18H18ClF4N2O7P. The van der Waals surface area contributed by atoms with Crippen LogP contribution in [-0.4, -0.2) is 37.5 Å². The maximum absolute atomic E-state index is 13.1. The van der Waals surface area contributed by atoms with E-state index in [1.165, 1.54) is 19.1 Å². The lowest BCUT2D eigenvalue weighted by atomic mass is 10.2. The maximum atomic E-state index is 13.1. The SMILES string of the molecule is COP(=O)(OC)C(C)Nc1cc(Oc2ccc(OC(F)(F)C(F)F)cc2Cl)ccc1[N+](=O)[O-]. The number of alkyl halides is 4. The van der Waals surface area contributed by atoms with Crippen LogP contribution in [0.5, 0.6) is 17.2 Å². The van der Waals surface area contributed by atoms with E-state index < -0.39 is 36.6 Å². The summed E-state index contributed by atoms with van der Waals surface area (Å²) in [6.45, 7) is 1.43. The quantitative estimate of drug-likeness (QED) is 0.155. The molecule has 2 rings (SSSR count). The van der Waals surface area contributed by atoms with Crippen molar-refractivity contribution >= 4 is 30.6 Å². The van der Waals surface area contributed by atoms with Crippen LogP contribution in [0.4, 0.5) is 28.9 Å². The van der Waals surface area contributed by atoms with Crippen molar-refractivity contribution in [2.45, 2.75) is 25.2 Å². The largest absolute Gasteiger partial charge is 0.461 e. The highest BCUT2D eigenvalue weighted by molar-refractivity contribution is 7.54. The van der Waals surface area contributed by atoms with Crippen molar-refractivity contribution in [3.63, 3.8) is 0 Å². The van der Waals surface area contributed by atoms with E-state index in [2.05, 4.69) is 10.1 Å². The third-order valence-corrected chi connectivity index (χ3v) is 6.54. The lowest BCUT2D eigenvalue weighted by molar-refractivity contribution is -0.384. The Morgan fingerprint density at radius 3 is 2.24 bits per heavy atom. The van der Waals surface area contributed by atoms with Gasteiger partial charge in [-0.3, -0.25) is 14.7 Å². The van der Waals surface area contributed by atoms with Gasteiger partial charge in [-0.25, -0.2) is 0 Å². The van der Waals surface area contributed by atoms with Crippen molar-refractivity contribution in [1.82, 2.24) is 0 Å². The fourth-order valence-corrected chi connectivity index (χ4v) is 3.79. The fourth-order valence-electron chi connectivity index (χ4n) is 2.50. The third kappa shape index (κ3) is 6.47. The first kappa shape index (κ1) is 26.7. The molecule has 1 unspecified atom stereocenters. The second-order valence-electron chi connectivity index (χ2n) is 6.32. The highest BCUT2D eigenvalue weighted by Crippen LogP contribution is 2.52. The zero-order valence-electron chi connectivity index (χ0n) is 17.3. The summed E-state index contributed by atoms with van der Waals surface area (Å²) in [6, 6.07) is 6.39. The normalized spacial score (nSPS) is 13.0. The van der Waals surface area contributed by atoms with Crippen molar-refractivity contribution in [3.8, 4) is 17.2 Å². The molecule has 0 fully saturated rings. The zero-order valence-corrected chi connectivity index (χ0v) is 18.9. The number of hydrogen-bond acceptors (Lipinski definition) is 8. The molecule has 9 nitrogen and oxygen atoms in total. The molecule has 0 aliphatic heterocycles. The summed E-state index contributed by atoms with van der Waals surface area (Å²) in [7, 11) is -1.32. The summed E-state index contributed by atoms with van der Waals surface area (Å²) in [5.41, 5.74) is -0.469. The monoisotopic (exact) mass is 516 g/mol. The van der Waals surface area contributed by atoms with Gasteiger partial charge in [-0.15, -0.1) is 0 Å². The van der Waals surface area contributed by atoms with Crippen LogP contribution in [0.2, 0.25) is 5.02 Å². The Morgan fingerprint density at radius 2 is 1.73 bits per heavy atom. The van der Waals surface area contributed by atoms with Crippen LogP contribution in [0.15, 0.2) is 36.4 Å². The molecule has 2 aromatic carbocycles. The van der Waals surface area contributed by atoms with E-state index in [0.717, 1.165) is 38.5 Å². The van der Waals surface area contributed by atoms with Gasteiger partial charge in [0, 0.05) is 32.4 Å². The Kier molecular flexibility index (Phi) is 8.52. The third-order valence-electron chi connectivity index (χ3n) is 4.15. The van der Waals surface area contributed by atoms with E-state index in [1.54, 1.807) is 0 Å². The van der Waals surface area contributed by atoms with Crippen LogP contribution < -0.4 is 14.8 Å². The van der Waals surface area contributed by atoms with E-state index in [4.69, 9.17) is 25.4 Å². The van der Waals surface area contributed by atoms with Crippen LogP contribution >= 0.6 is 19.2 Å². The number of hydrogen-bond donors (Lipinski definition) is 1.